The number of carbonyl (C=O) groups is 1. The van der Waals surface area contributed by atoms with Crippen LogP contribution in [-0.2, 0) is 6.61 Å². The smallest absolute Gasteiger partial charge is 0.165 e. The second kappa shape index (κ2) is 7.79. The Hall–Kier alpha value is -2.53. The number of ketones is 1. The predicted molar refractivity (Wildman–Crippen MR) is 106 cm³/mol. The third-order valence-electron chi connectivity index (χ3n) is 4.21. The molecule has 0 aliphatic carbocycles. The van der Waals surface area contributed by atoms with E-state index in [-0.39, 0.29) is 5.78 Å². The normalized spacial score (nSPS) is 10.6. The zero-order chi connectivity index (χ0) is 18.7. The Kier molecular flexibility index (Phi) is 5.47. The van der Waals surface area contributed by atoms with Gasteiger partial charge in [0.25, 0.3) is 0 Å². The highest BCUT2D eigenvalue weighted by atomic mass is 79.9. The summed E-state index contributed by atoms with van der Waals surface area (Å²) in [6, 6.07) is 15.5. The predicted octanol–water partition coefficient (Wildman–Crippen LogP) is 5.40. The number of carbonyl (C=O) groups excluding carboxylic acids is 1. The molecule has 134 valence electrons. The Balaban J connectivity index is 1.95. The first-order chi connectivity index (χ1) is 12.5. The number of benzene rings is 3. The van der Waals surface area contributed by atoms with Crippen LogP contribution in [0.5, 0.6) is 17.2 Å². The van der Waals surface area contributed by atoms with E-state index in [9.17, 15) is 4.79 Å². The van der Waals surface area contributed by atoms with Crippen molar-refractivity contribution in [3.8, 4) is 17.2 Å². The van der Waals surface area contributed by atoms with Crippen LogP contribution >= 0.6 is 15.9 Å². The Morgan fingerprint density at radius 3 is 2.31 bits per heavy atom. The fourth-order valence-corrected chi connectivity index (χ4v) is 3.37. The third kappa shape index (κ3) is 3.53. The molecule has 0 saturated heterocycles. The molecule has 0 aromatic heterocycles. The minimum absolute atomic E-state index is 0.0920. The van der Waals surface area contributed by atoms with Crippen LogP contribution in [0.4, 0.5) is 0 Å². The van der Waals surface area contributed by atoms with E-state index < -0.39 is 0 Å². The van der Waals surface area contributed by atoms with Crippen LogP contribution in [0.3, 0.4) is 0 Å². The van der Waals surface area contributed by atoms with E-state index in [1.165, 1.54) is 14.0 Å². The van der Waals surface area contributed by atoms with Crippen LogP contribution in [0.1, 0.15) is 22.8 Å². The van der Waals surface area contributed by atoms with E-state index in [1.807, 2.05) is 24.3 Å². The molecule has 0 bridgehead atoms. The molecule has 0 amide bonds. The monoisotopic (exact) mass is 414 g/mol. The number of hydrogen-bond acceptors (Lipinski definition) is 4. The van der Waals surface area contributed by atoms with Crippen LogP contribution in [0.2, 0.25) is 0 Å². The number of halogens is 1. The van der Waals surface area contributed by atoms with Crippen molar-refractivity contribution in [3.63, 3.8) is 0 Å². The van der Waals surface area contributed by atoms with Gasteiger partial charge in [-0.3, -0.25) is 4.79 Å². The summed E-state index contributed by atoms with van der Waals surface area (Å²) in [4.78, 5) is 11.8. The largest absolute Gasteiger partial charge is 0.496 e. The number of rotatable bonds is 6. The topological polar surface area (TPSA) is 44.8 Å². The fourth-order valence-electron chi connectivity index (χ4n) is 2.88. The highest BCUT2D eigenvalue weighted by molar-refractivity contribution is 9.10. The molecule has 3 aromatic rings. The Morgan fingerprint density at radius 1 is 0.923 bits per heavy atom. The first kappa shape index (κ1) is 18.3. The molecule has 3 rings (SSSR count). The average Bonchev–Trinajstić information content (AvgIpc) is 2.65. The lowest BCUT2D eigenvalue weighted by Gasteiger charge is -2.15. The zero-order valence-electron chi connectivity index (χ0n) is 14.8. The van der Waals surface area contributed by atoms with Gasteiger partial charge >= 0.3 is 0 Å². The average molecular weight is 415 g/mol. The van der Waals surface area contributed by atoms with E-state index in [2.05, 4.69) is 28.1 Å². The maximum absolute atomic E-state index is 11.8. The van der Waals surface area contributed by atoms with E-state index in [4.69, 9.17) is 14.2 Å². The van der Waals surface area contributed by atoms with Crippen LogP contribution < -0.4 is 14.2 Å². The van der Waals surface area contributed by atoms with Crippen molar-refractivity contribution in [1.82, 2.24) is 0 Å². The molecule has 4 nitrogen and oxygen atoms in total. The van der Waals surface area contributed by atoms with Gasteiger partial charge in [0.15, 0.2) is 17.3 Å². The van der Waals surface area contributed by atoms with Gasteiger partial charge in [-0.2, -0.15) is 0 Å². The minimum atomic E-state index is -0.0920. The van der Waals surface area contributed by atoms with Crippen molar-refractivity contribution < 1.29 is 19.0 Å². The molecular weight excluding hydrogens is 396 g/mol. The number of Topliss-reactive ketones (excluding diaryl/α,β-unsaturated/α-hetero) is 1. The quantitative estimate of drug-likeness (QED) is 0.506. The van der Waals surface area contributed by atoms with Crippen LogP contribution in [-0.4, -0.2) is 20.0 Å². The molecule has 3 aromatic carbocycles. The first-order valence-corrected chi connectivity index (χ1v) is 8.90. The lowest BCUT2D eigenvalue weighted by atomic mass is 10.1. The molecular formula is C21H19BrO4. The van der Waals surface area contributed by atoms with Gasteiger partial charge in [0, 0.05) is 10.5 Å². The SMILES string of the molecule is COc1cc(C(C)=O)c(OC)cc1OCc1cccc2c(Br)cccc12. The van der Waals surface area contributed by atoms with Crippen LogP contribution in [0, 0.1) is 0 Å². The first-order valence-electron chi connectivity index (χ1n) is 8.11. The summed E-state index contributed by atoms with van der Waals surface area (Å²) >= 11 is 3.58. The number of hydrogen-bond donors (Lipinski definition) is 0. The molecule has 0 aliphatic heterocycles. The van der Waals surface area contributed by atoms with Crippen LogP contribution in [0.25, 0.3) is 10.8 Å². The van der Waals surface area contributed by atoms with Crippen molar-refractivity contribution in [2.45, 2.75) is 13.5 Å². The third-order valence-corrected chi connectivity index (χ3v) is 4.90. The summed E-state index contributed by atoms with van der Waals surface area (Å²) in [6.45, 7) is 1.86. The lowest BCUT2D eigenvalue weighted by molar-refractivity contribution is 0.101. The van der Waals surface area contributed by atoms with Crippen molar-refractivity contribution >= 4 is 32.5 Å². The zero-order valence-corrected chi connectivity index (χ0v) is 16.4. The van der Waals surface area contributed by atoms with Gasteiger partial charge in [-0.1, -0.05) is 46.3 Å². The second-order valence-corrected chi connectivity index (χ2v) is 6.65. The van der Waals surface area contributed by atoms with Crippen molar-refractivity contribution in [2.24, 2.45) is 0 Å². The highest BCUT2D eigenvalue weighted by Crippen LogP contribution is 2.36. The standard InChI is InChI=1S/C21H19BrO4/c1-13(23)17-10-20(25-3)21(11-19(17)24-2)26-12-14-6-4-8-16-15(14)7-5-9-18(16)22/h4-11H,12H2,1-3H3. The Labute approximate surface area is 160 Å². The highest BCUT2D eigenvalue weighted by Gasteiger charge is 2.16. The van der Waals surface area contributed by atoms with Crippen LogP contribution in [0.15, 0.2) is 53.0 Å². The maximum atomic E-state index is 11.8. The van der Waals surface area contributed by atoms with Crippen molar-refractivity contribution in [2.75, 3.05) is 14.2 Å². The summed E-state index contributed by atoms with van der Waals surface area (Å²) in [6.07, 6.45) is 0. The molecule has 5 heteroatoms. The summed E-state index contributed by atoms with van der Waals surface area (Å²) in [7, 11) is 3.08. The van der Waals surface area contributed by atoms with Crippen molar-refractivity contribution in [1.29, 1.82) is 0 Å². The molecule has 0 spiro atoms. The number of ether oxygens (including phenoxy) is 3. The number of methoxy groups -OCH3 is 2. The molecule has 0 unspecified atom stereocenters. The fraction of sp³-hybridized carbons (Fsp3) is 0.190. The van der Waals surface area contributed by atoms with Gasteiger partial charge in [0.05, 0.1) is 19.8 Å². The Bertz CT molecular complexity index is 966. The molecule has 0 aliphatic rings. The summed E-state index contributed by atoms with van der Waals surface area (Å²) in [5, 5.41) is 2.25. The molecule has 0 fully saturated rings. The van der Waals surface area contributed by atoms with E-state index in [1.54, 1.807) is 19.2 Å². The molecule has 26 heavy (non-hydrogen) atoms. The van der Waals surface area contributed by atoms with E-state index >= 15 is 0 Å². The van der Waals surface area contributed by atoms with Gasteiger partial charge in [0.2, 0.25) is 0 Å². The lowest BCUT2D eigenvalue weighted by Crippen LogP contribution is -2.03. The second-order valence-electron chi connectivity index (χ2n) is 5.80. The Morgan fingerprint density at radius 2 is 1.62 bits per heavy atom. The van der Waals surface area contributed by atoms with Gasteiger partial charge in [-0.05, 0) is 35.4 Å². The summed E-state index contributed by atoms with van der Waals surface area (Å²) in [5.41, 5.74) is 1.52. The molecule has 0 N–H and O–H groups in total. The van der Waals surface area contributed by atoms with Gasteiger partial charge in [-0.25, -0.2) is 0 Å². The van der Waals surface area contributed by atoms with E-state index in [0.29, 0.717) is 29.4 Å². The summed E-state index contributed by atoms with van der Waals surface area (Å²) in [5.74, 6) is 1.40. The maximum Gasteiger partial charge on any atom is 0.165 e. The molecule has 0 heterocycles. The van der Waals surface area contributed by atoms with Gasteiger partial charge < -0.3 is 14.2 Å². The molecule has 0 radical (unpaired) electrons. The van der Waals surface area contributed by atoms with Gasteiger partial charge in [0.1, 0.15) is 12.4 Å². The summed E-state index contributed by atoms with van der Waals surface area (Å²) < 4.78 is 17.8. The number of fused-ring (bicyclic) bond motifs is 1. The molecule has 0 saturated carbocycles. The van der Waals surface area contributed by atoms with Crippen molar-refractivity contribution in [3.05, 3.63) is 64.1 Å². The van der Waals surface area contributed by atoms with E-state index in [0.717, 1.165) is 20.8 Å². The minimum Gasteiger partial charge on any atom is -0.496 e. The molecule has 0 atom stereocenters. The van der Waals surface area contributed by atoms with Gasteiger partial charge in [-0.15, -0.1) is 0 Å².